The number of hydrogen-bond acceptors (Lipinski definition) is 10. The first-order valence-electron chi connectivity index (χ1n) is 11.3. The number of H-pyrrole nitrogens is 1. The van der Waals surface area contributed by atoms with E-state index in [9.17, 15) is 13.7 Å². The summed E-state index contributed by atoms with van der Waals surface area (Å²) < 4.78 is 36.5. The highest BCUT2D eigenvalue weighted by molar-refractivity contribution is 7.99. The number of benzene rings is 1. The lowest BCUT2D eigenvalue weighted by Crippen LogP contribution is -2.39. The van der Waals surface area contributed by atoms with Crippen LogP contribution in [-0.2, 0) is 16.4 Å². The normalized spacial score (nSPS) is 18.5. The zero-order chi connectivity index (χ0) is 24.6. The summed E-state index contributed by atoms with van der Waals surface area (Å²) in [6.45, 7) is 2.01. The van der Waals surface area contributed by atoms with E-state index < -0.39 is 10.0 Å². The summed E-state index contributed by atoms with van der Waals surface area (Å²) in [5, 5.41) is 10.1. The maximum atomic E-state index is 11.9. The SMILES string of the molecule is CS(=O)(=O)N1CCCC(CCc2nc(N)c3[nH]c(Sc4cc5c(cc4C#N)OCCO5)nc3n2)C1. The number of nitrogen functional groups attached to an aromatic ring is 1. The summed E-state index contributed by atoms with van der Waals surface area (Å²) in [7, 11) is -3.18. The molecule has 1 fully saturated rings. The summed E-state index contributed by atoms with van der Waals surface area (Å²) in [5.41, 5.74) is 7.63. The largest absolute Gasteiger partial charge is 0.486 e. The summed E-state index contributed by atoms with van der Waals surface area (Å²) in [5.74, 6) is 2.27. The molecule has 35 heavy (non-hydrogen) atoms. The second-order valence-electron chi connectivity index (χ2n) is 8.64. The number of nitrogens with one attached hydrogen (secondary N) is 1. The molecule has 13 heteroatoms. The van der Waals surface area contributed by atoms with Gasteiger partial charge in [-0.05, 0) is 31.2 Å². The average Bonchev–Trinajstić information content (AvgIpc) is 3.25. The number of nitrogens with two attached hydrogens (primary N) is 1. The highest BCUT2D eigenvalue weighted by Crippen LogP contribution is 2.39. The molecule has 0 bridgehead atoms. The second-order valence-corrected chi connectivity index (χ2v) is 11.7. The summed E-state index contributed by atoms with van der Waals surface area (Å²) in [4.78, 5) is 17.4. The molecule has 4 heterocycles. The molecule has 1 saturated heterocycles. The van der Waals surface area contributed by atoms with E-state index in [1.807, 2.05) is 0 Å². The fraction of sp³-hybridized carbons (Fsp3) is 0.455. The third-order valence-electron chi connectivity index (χ3n) is 6.10. The number of imidazole rings is 1. The van der Waals surface area contributed by atoms with Crippen LogP contribution in [0.15, 0.2) is 22.2 Å². The van der Waals surface area contributed by atoms with E-state index in [1.165, 1.54) is 18.0 Å². The molecule has 3 N–H and O–H groups in total. The molecule has 0 saturated carbocycles. The fourth-order valence-corrected chi connectivity index (χ4v) is 6.16. The van der Waals surface area contributed by atoms with Crippen molar-refractivity contribution in [3.05, 3.63) is 23.5 Å². The van der Waals surface area contributed by atoms with Crippen LogP contribution in [0.4, 0.5) is 5.82 Å². The van der Waals surface area contributed by atoms with Gasteiger partial charge in [0, 0.05) is 30.5 Å². The predicted octanol–water partition coefficient (Wildman–Crippen LogP) is 2.33. The van der Waals surface area contributed by atoms with E-state index in [2.05, 4.69) is 26.0 Å². The maximum Gasteiger partial charge on any atom is 0.211 e. The Labute approximate surface area is 207 Å². The summed E-state index contributed by atoms with van der Waals surface area (Å²) in [6, 6.07) is 5.63. The molecule has 184 valence electrons. The molecule has 5 rings (SSSR count). The van der Waals surface area contributed by atoms with Gasteiger partial charge in [-0.25, -0.2) is 27.7 Å². The quantitative estimate of drug-likeness (QED) is 0.498. The lowest BCUT2D eigenvalue weighted by Gasteiger charge is -2.30. The Balaban J connectivity index is 1.32. The van der Waals surface area contributed by atoms with Gasteiger partial charge in [-0.1, -0.05) is 11.8 Å². The Morgan fingerprint density at radius 2 is 2.03 bits per heavy atom. The van der Waals surface area contributed by atoms with Crippen molar-refractivity contribution in [1.29, 1.82) is 5.26 Å². The zero-order valence-electron chi connectivity index (χ0n) is 19.2. The van der Waals surface area contributed by atoms with Crippen LogP contribution >= 0.6 is 11.8 Å². The number of anilines is 1. The van der Waals surface area contributed by atoms with Gasteiger partial charge in [0.2, 0.25) is 10.0 Å². The number of hydrogen-bond donors (Lipinski definition) is 2. The Kier molecular flexibility index (Phi) is 6.43. The molecule has 1 atom stereocenters. The van der Waals surface area contributed by atoms with Crippen molar-refractivity contribution in [2.45, 2.75) is 35.7 Å². The first-order valence-corrected chi connectivity index (χ1v) is 14.0. The Morgan fingerprint density at radius 1 is 1.26 bits per heavy atom. The van der Waals surface area contributed by atoms with Gasteiger partial charge in [-0.15, -0.1) is 0 Å². The molecule has 2 aromatic heterocycles. The molecule has 0 spiro atoms. The molecule has 1 unspecified atom stereocenters. The van der Waals surface area contributed by atoms with Crippen molar-refractivity contribution in [2.24, 2.45) is 5.92 Å². The zero-order valence-corrected chi connectivity index (χ0v) is 20.8. The highest BCUT2D eigenvalue weighted by Gasteiger charge is 2.26. The van der Waals surface area contributed by atoms with Crippen molar-refractivity contribution in [2.75, 3.05) is 38.3 Å². The van der Waals surface area contributed by atoms with Gasteiger partial charge < -0.3 is 20.2 Å². The first-order chi connectivity index (χ1) is 16.8. The minimum Gasteiger partial charge on any atom is -0.486 e. The van der Waals surface area contributed by atoms with E-state index >= 15 is 0 Å². The summed E-state index contributed by atoms with van der Waals surface area (Å²) >= 11 is 1.28. The van der Waals surface area contributed by atoms with Crippen LogP contribution < -0.4 is 15.2 Å². The van der Waals surface area contributed by atoms with Crippen LogP contribution in [-0.4, -0.2) is 65.2 Å². The number of nitriles is 1. The monoisotopic (exact) mass is 515 g/mol. The van der Waals surface area contributed by atoms with Gasteiger partial charge in [0.25, 0.3) is 0 Å². The molecule has 2 aliphatic rings. The smallest absolute Gasteiger partial charge is 0.211 e. The third-order valence-corrected chi connectivity index (χ3v) is 8.32. The van der Waals surface area contributed by atoms with E-state index in [0.29, 0.717) is 82.6 Å². The molecule has 1 aromatic carbocycles. The lowest BCUT2D eigenvalue weighted by molar-refractivity contribution is 0.171. The molecular formula is C22H25N7O4S2. The Morgan fingerprint density at radius 3 is 2.77 bits per heavy atom. The highest BCUT2D eigenvalue weighted by atomic mass is 32.2. The molecule has 2 aliphatic heterocycles. The van der Waals surface area contributed by atoms with E-state index in [0.717, 1.165) is 19.3 Å². The van der Waals surface area contributed by atoms with E-state index in [4.69, 9.17) is 15.2 Å². The maximum absolute atomic E-state index is 11.9. The minimum absolute atomic E-state index is 0.254. The van der Waals surface area contributed by atoms with Crippen LogP contribution in [0.5, 0.6) is 11.5 Å². The minimum atomic E-state index is -3.18. The van der Waals surface area contributed by atoms with Gasteiger partial charge in [0.05, 0.1) is 11.8 Å². The number of aromatic amines is 1. The topological polar surface area (TPSA) is 160 Å². The number of aromatic nitrogens is 4. The molecule has 3 aromatic rings. The van der Waals surface area contributed by atoms with Crippen LogP contribution in [0.2, 0.25) is 0 Å². The molecule has 0 aliphatic carbocycles. The second kappa shape index (κ2) is 9.52. The fourth-order valence-electron chi connectivity index (χ4n) is 4.35. The van der Waals surface area contributed by atoms with E-state index in [1.54, 1.807) is 16.4 Å². The molecule has 0 amide bonds. The van der Waals surface area contributed by atoms with Gasteiger partial charge in [0.1, 0.15) is 30.6 Å². The van der Waals surface area contributed by atoms with Crippen molar-refractivity contribution in [1.82, 2.24) is 24.2 Å². The standard InChI is InChI=1S/C22H25N7O4S2/c1-35(30,31)29-6-2-3-13(12-29)4-5-18-25-20(24)19-21(26-18)28-22(27-19)34-17-10-16-15(9-14(17)11-23)32-7-8-33-16/h9-10,13H,2-8,12H2,1H3,(H3,24,25,26,27,28). The van der Waals surface area contributed by atoms with Crippen LogP contribution in [0.3, 0.4) is 0 Å². The number of nitrogens with zero attached hydrogens (tertiary/aromatic N) is 5. The van der Waals surface area contributed by atoms with Gasteiger partial charge in [-0.2, -0.15) is 5.26 Å². The first kappa shape index (κ1) is 23.7. The predicted molar refractivity (Wildman–Crippen MR) is 130 cm³/mol. The summed E-state index contributed by atoms with van der Waals surface area (Å²) in [6.07, 6.45) is 4.43. The number of aryl methyl sites for hydroxylation is 1. The van der Waals surface area contributed by atoms with Gasteiger partial charge >= 0.3 is 0 Å². The van der Waals surface area contributed by atoms with Crippen LogP contribution in [0, 0.1) is 17.2 Å². The van der Waals surface area contributed by atoms with Crippen molar-refractivity contribution in [3.8, 4) is 17.6 Å². The molecular weight excluding hydrogens is 490 g/mol. The van der Waals surface area contributed by atoms with Crippen LogP contribution in [0.25, 0.3) is 11.2 Å². The van der Waals surface area contributed by atoms with Gasteiger partial charge in [-0.3, -0.25) is 0 Å². The molecule has 11 nitrogen and oxygen atoms in total. The van der Waals surface area contributed by atoms with Crippen molar-refractivity contribution < 1.29 is 17.9 Å². The van der Waals surface area contributed by atoms with Crippen molar-refractivity contribution in [3.63, 3.8) is 0 Å². The average molecular weight is 516 g/mol. The Hall–Kier alpha value is -3.08. The molecule has 0 radical (unpaired) electrons. The number of rotatable bonds is 6. The number of fused-ring (bicyclic) bond motifs is 2. The number of sulfonamides is 1. The van der Waals surface area contributed by atoms with Crippen LogP contribution in [0.1, 0.15) is 30.7 Å². The number of ether oxygens (including phenoxy) is 2. The van der Waals surface area contributed by atoms with Gasteiger partial charge in [0.15, 0.2) is 28.1 Å². The van der Waals surface area contributed by atoms with Crippen molar-refractivity contribution >= 4 is 38.8 Å². The lowest BCUT2D eigenvalue weighted by atomic mass is 9.94. The van der Waals surface area contributed by atoms with E-state index in [-0.39, 0.29) is 5.92 Å². The third kappa shape index (κ3) is 5.14. The number of piperidine rings is 1. The Bertz CT molecular complexity index is 1420.